The maximum Gasteiger partial charge on any atom is 0.169 e. The molecule has 2 aliphatic carbocycles. The zero-order valence-corrected chi connectivity index (χ0v) is 19.4. The molecule has 2 bridgehead atoms. The van der Waals surface area contributed by atoms with Gasteiger partial charge in [-0.05, 0) is 68.4 Å². The number of allylic oxidation sites excluding steroid dienone is 6. The standard InChI is InChI=1S/C22H24F2O2.2C2H6/c1-4-13(14-7-8-18(23)19(24)11-14)10-17(12(2)3)20-21(25)15-5-6-16(9-15)22(20)26;2*1-2/h7-8,10-11,15-16,25H,4-6,9H2,1-3H3;2*1-2H3/b13-10+;;. The van der Waals surface area contributed by atoms with E-state index in [9.17, 15) is 18.7 Å². The summed E-state index contributed by atoms with van der Waals surface area (Å²) in [7, 11) is 0. The molecule has 1 saturated carbocycles. The fraction of sp³-hybridized carbons (Fsp3) is 0.500. The van der Waals surface area contributed by atoms with Gasteiger partial charge < -0.3 is 5.11 Å². The van der Waals surface area contributed by atoms with Gasteiger partial charge in [0.25, 0.3) is 0 Å². The second kappa shape index (κ2) is 11.8. The first-order valence-corrected chi connectivity index (χ1v) is 11.1. The number of hydrogen-bond donors (Lipinski definition) is 1. The summed E-state index contributed by atoms with van der Waals surface area (Å²) in [4.78, 5) is 12.9. The van der Waals surface area contributed by atoms with Gasteiger partial charge in [-0.15, -0.1) is 0 Å². The molecule has 4 heteroatoms. The van der Waals surface area contributed by atoms with E-state index in [1.165, 1.54) is 12.1 Å². The van der Waals surface area contributed by atoms with E-state index in [1.807, 2.05) is 54.5 Å². The topological polar surface area (TPSA) is 37.3 Å². The molecule has 2 nitrogen and oxygen atoms in total. The van der Waals surface area contributed by atoms with Crippen molar-refractivity contribution >= 4 is 11.4 Å². The number of benzene rings is 1. The Balaban J connectivity index is 0.00000106. The van der Waals surface area contributed by atoms with Crippen LogP contribution in [0.25, 0.3) is 5.57 Å². The Labute approximate surface area is 180 Å². The number of halogens is 2. The van der Waals surface area contributed by atoms with Crippen LogP contribution < -0.4 is 0 Å². The Bertz CT molecular complexity index is 843. The van der Waals surface area contributed by atoms with Gasteiger partial charge in [-0.3, -0.25) is 4.79 Å². The predicted molar refractivity (Wildman–Crippen MR) is 121 cm³/mol. The minimum atomic E-state index is -0.894. The van der Waals surface area contributed by atoms with Crippen molar-refractivity contribution in [1.29, 1.82) is 0 Å². The van der Waals surface area contributed by atoms with Crippen LogP contribution in [0, 0.1) is 23.5 Å². The Kier molecular flexibility index (Phi) is 10.2. The van der Waals surface area contributed by atoms with Crippen LogP contribution in [0.15, 0.2) is 46.8 Å². The van der Waals surface area contributed by atoms with Crippen molar-refractivity contribution in [2.75, 3.05) is 0 Å². The fourth-order valence-corrected chi connectivity index (χ4v) is 4.00. The van der Waals surface area contributed by atoms with E-state index in [-0.39, 0.29) is 23.4 Å². The smallest absolute Gasteiger partial charge is 0.169 e. The Morgan fingerprint density at radius 2 is 1.67 bits per heavy atom. The molecular formula is C26H36F2O2. The van der Waals surface area contributed by atoms with Crippen molar-refractivity contribution in [3.05, 3.63) is 64.0 Å². The first-order valence-electron chi connectivity index (χ1n) is 11.1. The molecule has 0 amide bonds. The van der Waals surface area contributed by atoms with Crippen LogP contribution in [-0.4, -0.2) is 10.9 Å². The summed E-state index contributed by atoms with van der Waals surface area (Å²) in [5, 5.41) is 10.7. The molecule has 2 atom stereocenters. The molecule has 30 heavy (non-hydrogen) atoms. The number of carbonyl (C=O) groups excluding carboxylic acids is 1. The summed E-state index contributed by atoms with van der Waals surface area (Å²) < 4.78 is 26.9. The molecule has 1 fully saturated rings. The minimum absolute atomic E-state index is 0.00411. The summed E-state index contributed by atoms with van der Waals surface area (Å²) in [5.74, 6) is -1.53. The lowest BCUT2D eigenvalue weighted by atomic mass is 9.81. The second-order valence-corrected chi connectivity index (χ2v) is 7.40. The molecule has 0 aromatic heterocycles. The van der Waals surface area contributed by atoms with Gasteiger partial charge in [0.1, 0.15) is 5.76 Å². The molecule has 1 aromatic rings. The number of hydrogen-bond acceptors (Lipinski definition) is 2. The third-order valence-electron chi connectivity index (χ3n) is 5.49. The van der Waals surface area contributed by atoms with Crippen molar-refractivity contribution < 1.29 is 18.7 Å². The highest BCUT2D eigenvalue weighted by Crippen LogP contribution is 2.45. The molecule has 2 unspecified atom stereocenters. The summed E-state index contributed by atoms with van der Waals surface area (Å²) in [6.45, 7) is 13.7. The summed E-state index contributed by atoms with van der Waals surface area (Å²) in [6, 6.07) is 3.82. The number of carbonyl (C=O) groups is 1. The average Bonchev–Trinajstić information content (AvgIpc) is 3.21. The highest BCUT2D eigenvalue weighted by molar-refractivity contribution is 6.04. The predicted octanol–water partition coefficient (Wildman–Crippen LogP) is 7.96. The number of aliphatic hydroxyl groups excluding tert-OH is 1. The van der Waals surface area contributed by atoms with E-state index in [2.05, 4.69) is 0 Å². The van der Waals surface area contributed by atoms with Gasteiger partial charge in [0.2, 0.25) is 0 Å². The highest BCUT2D eigenvalue weighted by atomic mass is 19.2. The average molecular weight is 419 g/mol. The van der Waals surface area contributed by atoms with Gasteiger partial charge >= 0.3 is 0 Å². The van der Waals surface area contributed by atoms with Crippen LogP contribution in [0.2, 0.25) is 0 Å². The van der Waals surface area contributed by atoms with Crippen molar-refractivity contribution in [1.82, 2.24) is 0 Å². The third kappa shape index (κ3) is 5.47. The summed E-state index contributed by atoms with van der Waals surface area (Å²) in [5.41, 5.74) is 3.40. The lowest BCUT2D eigenvalue weighted by Gasteiger charge is -2.23. The first-order chi connectivity index (χ1) is 14.3. The third-order valence-corrected chi connectivity index (χ3v) is 5.49. The largest absolute Gasteiger partial charge is 0.511 e. The molecule has 166 valence electrons. The molecule has 1 N–H and O–H groups in total. The summed E-state index contributed by atoms with van der Waals surface area (Å²) >= 11 is 0. The van der Waals surface area contributed by atoms with Gasteiger partial charge in [0.15, 0.2) is 17.4 Å². The molecule has 0 aliphatic heterocycles. The van der Waals surface area contributed by atoms with Crippen LogP contribution in [0.3, 0.4) is 0 Å². The van der Waals surface area contributed by atoms with E-state index in [0.29, 0.717) is 23.1 Å². The van der Waals surface area contributed by atoms with Crippen LogP contribution >= 0.6 is 0 Å². The number of aliphatic hydroxyl groups is 1. The monoisotopic (exact) mass is 418 g/mol. The van der Waals surface area contributed by atoms with Gasteiger partial charge in [-0.1, -0.05) is 52.3 Å². The van der Waals surface area contributed by atoms with E-state index in [0.717, 1.165) is 36.5 Å². The maximum absolute atomic E-state index is 13.6. The van der Waals surface area contributed by atoms with Crippen molar-refractivity contribution in [3.8, 4) is 0 Å². The van der Waals surface area contributed by atoms with Gasteiger partial charge in [0.05, 0.1) is 5.57 Å². The quantitative estimate of drug-likeness (QED) is 0.504. The SMILES string of the molecule is CC.CC.CC/C(=C\C(=C(C)C)C1=C(O)C2CCC(C2)C1=O)c1ccc(F)c(F)c1. The molecule has 1 aromatic carbocycles. The fourth-order valence-electron chi connectivity index (χ4n) is 4.00. The molecule has 0 spiro atoms. The minimum Gasteiger partial charge on any atom is -0.511 e. The number of rotatable bonds is 4. The van der Waals surface area contributed by atoms with E-state index in [4.69, 9.17) is 0 Å². The zero-order valence-electron chi connectivity index (χ0n) is 19.4. The zero-order chi connectivity index (χ0) is 23.0. The first kappa shape index (κ1) is 25.8. The van der Waals surface area contributed by atoms with Crippen molar-refractivity contribution in [2.45, 2.75) is 74.1 Å². The maximum atomic E-state index is 13.6. The molecular weight excluding hydrogens is 382 g/mol. The second-order valence-electron chi connectivity index (χ2n) is 7.40. The van der Waals surface area contributed by atoms with Gasteiger partial charge in [-0.25, -0.2) is 8.78 Å². The van der Waals surface area contributed by atoms with Crippen LogP contribution in [-0.2, 0) is 4.79 Å². The number of fused-ring (bicyclic) bond motifs is 2. The number of Topliss-reactive ketones (excluding diaryl/α,β-unsaturated/α-hetero) is 1. The molecule has 2 aliphatic rings. The van der Waals surface area contributed by atoms with Gasteiger partial charge in [-0.2, -0.15) is 0 Å². The van der Waals surface area contributed by atoms with Crippen molar-refractivity contribution in [3.63, 3.8) is 0 Å². The van der Waals surface area contributed by atoms with Crippen molar-refractivity contribution in [2.24, 2.45) is 11.8 Å². The molecule has 0 saturated heterocycles. The normalized spacial score (nSPS) is 20.2. The lowest BCUT2D eigenvalue weighted by molar-refractivity contribution is -0.119. The molecule has 3 rings (SSSR count). The van der Waals surface area contributed by atoms with Crippen LogP contribution in [0.1, 0.15) is 79.7 Å². The highest BCUT2D eigenvalue weighted by Gasteiger charge is 2.41. The Morgan fingerprint density at radius 1 is 1.07 bits per heavy atom. The van der Waals surface area contributed by atoms with Crippen LogP contribution in [0.4, 0.5) is 8.78 Å². The lowest BCUT2D eigenvalue weighted by Crippen LogP contribution is -2.23. The molecule has 0 radical (unpaired) electrons. The Hall–Kier alpha value is -2.23. The van der Waals surface area contributed by atoms with Gasteiger partial charge in [0, 0.05) is 11.8 Å². The Morgan fingerprint density at radius 3 is 2.20 bits per heavy atom. The van der Waals surface area contributed by atoms with E-state index in [1.54, 1.807) is 0 Å². The molecule has 0 heterocycles. The number of ketones is 1. The van der Waals surface area contributed by atoms with E-state index >= 15 is 0 Å². The van der Waals surface area contributed by atoms with Crippen LogP contribution in [0.5, 0.6) is 0 Å². The summed E-state index contributed by atoms with van der Waals surface area (Å²) in [6.07, 6.45) is 4.83. The van der Waals surface area contributed by atoms with E-state index < -0.39 is 11.6 Å².